The lowest BCUT2D eigenvalue weighted by Crippen LogP contribution is -1.87. The molecule has 0 saturated heterocycles. The lowest BCUT2D eigenvalue weighted by Gasteiger charge is -2.02. The van der Waals surface area contributed by atoms with Crippen LogP contribution in [0.2, 0.25) is 0 Å². The van der Waals surface area contributed by atoms with Crippen LogP contribution in [0.5, 0.6) is 0 Å². The second-order valence-electron chi connectivity index (χ2n) is 5.43. The van der Waals surface area contributed by atoms with Crippen molar-refractivity contribution in [1.82, 2.24) is 15.0 Å². The SMILES string of the molecule is c1ccc2cc(-c3cc4oc5cccnc5c4cn3)ncc2c1. The van der Waals surface area contributed by atoms with Gasteiger partial charge in [0.15, 0.2) is 5.58 Å². The molecule has 0 radical (unpaired) electrons. The number of hydrogen-bond acceptors (Lipinski definition) is 4. The van der Waals surface area contributed by atoms with Gasteiger partial charge in [0.25, 0.3) is 0 Å². The molecule has 108 valence electrons. The monoisotopic (exact) mass is 297 g/mol. The van der Waals surface area contributed by atoms with E-state index in [4.69, 9.17) is 4.42 Å². The molecule has 4 nitrogen and oxygen atoms in total. The first-order valence-corrected chi connectivity index (χ1v) is 7.37. The van der Waals surface area contributed by atoms with Gasteiger partial charge in [-0.25, -0.2) is 0 Å². The van der Waals surface area contributed by atoms with Gasteiger partial charge in [-0.15, -0.1) is 0 Å². The summed E-state index contributed by atoms with van der Waals surface area (Å²) in [4.78, 5) is 13.4. The van der Waals surface area contributed by atoms with E-state index >= 15 is 0 Å². The standard InChI is InChI=1S/C19H11N3O/c1-2-5-13-10-21-15(8-12(13)4-1)16-9-18-14(11-22-16)19-17(23-18)6-3-7-20-19/h1-11H. The summed E-state index contributed by atoms with van der Waals surface area (Å²) in [5, 5.41) is 3.18. The Morgan fingerprint density at radius 3 is 2.48 bits per heavy atom. The molecule has 4 heterocycles. The third-order valence-corrected chi connectivity index (χ3v) is 4.01. The first kappa shape index (κ1) is 12.3. The van der Waals surface area contributed by atoms with Crippen LogP contribution in [0, 0.1) is 0 Å². The van der Waals surface area contributed by atoms with Gasteiger partial charge in [-0.3, -0.25) is 15.0 Å². The molecule has 5 rings (SSSR count). The van der Waals surface area contributed by atoms with E-state index in [1.54, 1.807) is 12.4 Å². The number of hydrogen-bond donors (Lipinski definition) is 0. The third kappa shape index (κ3) is 1.89. The van der Waals surface area contributed by atoms with Gasteiger partial charge in [0.2, 0.25) is 0 Å². The molecule has 0 aliphatic rings. The fraction of sp³-hybridized carbons (Fsp3) is 0. The summed E-state index contributed by atoms with van der Waals surface area (Å²) in [6.45, 7) is 0. The number of rotatable bonds is 1. The zero-order valence-corrected chi connectivity index (χ0v) is 12.1. The van der Waals surface area contributed by atoms with E-state index in [0.29, 0.717) is 0 Å². The Labute approximate surface area is 131 Å². The fourth-order valence-corrected chi connectivity index (χ4v) is 2.86. The van der Waals surface area contributed by atoms with Gasteiger partial charge in [-0.1, -0.05) is 24.3 Å². The fourth-order valence-electron chi connectivity index (χ4n) is 2.86. The van der Waals surface area contributed by atoms with Crippen LogP contribution in [0.3, 0.4) is 0 Å². The van der Waals surface area contributed by atoms with Crippen molar-refractivity contribution >= 4 is 32.8 Å². The molecular weight excluding hydrogens is 286 g/mol. The van der Waals surface area contributed by atoms with Crippen LogP contribution < -0.4 is 0 Å². The van der Waals surface area contributed by atoms with Crippen LogP contribution in [0.4, 0.5) is 0 Å². The second-order valence-corrected chi connectivity index (χ2v) is 5.43. The Hall–Kier alpha value is -3.27. The van der Waals surface area contributed by atoms with E-state index in [1.165, 1.54) is 0 Å². The highest BCUT2D eigenvalue weighted by molar-refractivity contribution is 6.02. The highest BCUT2D eigenvalue weighted by Crippen LogP contribution is 2.29. The summed E-state index contributed by atoms with van der Waals surface area (Å²) >= 11 is 0. The minimum absolute atomic E-state index is 0.771. The minimum Gasteiger partial charge on any atom is -0.454 e. The molecule has 23 heavy (non-hydrogen) atoms. The number of benzene rings is 1. The highest BCUT2D eigenvalue weighted by atomic mass is 16.3. The van der Waals surface area contributed by atoms with E-state index in [-0.39, 0.29) is 0 Å². The summed E-state index contributed by atoms with van der Waals surface area (Å²) in [6, 6.07) is 15.9. The molecule has 0 spiro atoms. The van der Waals surface area contributed by atoms with Crippen LogP contribution >= 0.6 is 0 Å². The van der Waals surface area contributed by atoms with E-state index in [0.717, 1.165) is 44.2 Å². The number of fused-ring (bicyclic) bond motifs is 4. The lowest BCUT2D eigenvalue weighted by molar-refractivity contribution is 0.668. The van der Waals surface area contributed by atoms with Crippen LogP contribution in [0.1, 0.15) is 0 Å². The summed E-state index contributed by atoms with van der Waals surface area (Å²) in [5.41, 5.74) is 4.01. The number of nitrogens with zero attached hydrogens (tertiary/aromatic N) is 3. The van der Waals surface area contributed by atoms with Crippen LogP contribution in [-0.4, -0.2) is 15.0 Å². The summed E-state index contributed by atoms with van der Waals surface area (Å²) < 4.78 is 5.87. The van der Waals surface area contributed by atoms with Crippen molar-refractivity contribution in [3.8, 4) is 11.4 Å². The molecule has 0 aliphatic heterocycles. The van der Waals surface area contributed by atoms with Gasteiger partial charge < -0.3 is 4.42 Å². The first-order valence-electron chi connectivity index (χ1n) is 7.37. The Morgan fingerprint density at radius 1 is 0.696 bits per heavy atom. The minimum atomic E-state index is 0.771. The number of furan rings is 1. The molecule has 0 atom stereocenters. The van der Waals surface area contributed by atoms with Gasteiger partial charge >= 0.3 is 0 Å². The predicted octanol–water partition coefficient (Wildman–Crippen LogP) is 4.59. The molecule has 0 bridgehead atoms. The van der Waals surface area contributed by atoms with Gasteiger partial charge in [0.1, 0.15) is 11.1 Å². The topological polar surface area (TPSA) is 51.8 Å². The lowest BCUT2D eigenvalue weighted by atomic mass is 10.1. The smallest absolute Gasteiger partial charge is 0.153 e. The largest absolute Gasteiger partial charge is 0.454 e. The average Bonchev–Trinajstić information content (AvgIpc) is 2.99. The first-order chi connectivity index (χ1) is 11.4. The normalized spacial score (nSPS) is 11.5. The van der Waals surface area contributed by atoms with Gasteiger partial charge in [-0.2, -0.15) is 0 Å². The molecule has 0 fully saturated rings. The average molecular weight is 297 g/mol. The predicted molar refractivity (Wildman–Crippen MR) is 90.0 cm³/mol. The van der Waals surface area contributed by atoms with Gasteiger partial charge in [0, 0.05) is 30.0 Å². The molecule has 0 saturated carbocycles. The maximum atomic E-state index is 5.87. The summed E-state index contributed by atoms with van der Waals surface area (Å²) in [7, 11) is 0. The van der Waals surface area contributed by atoms with Crippen molar-refractivity contribution in [1.29, 1.82) is 0 Å². The van der Waals surface area contributed by atoms with Gasteiger partial charge in [0.05, 0.1) is 16.8 Å². The molecular formula is C19H11N3O. The zero-order chi connectivity index (χ0) is 15.2. The zero-order valence-electron chi connectivity index (χ0n) is 12.1. The third-order valence-electron chi connectivity index (χ3n) is 4.01. The Bertz CT molecular complexity index is 1180. The molecule has 0 unspecified atom stereocenters. The molecule has 1 aromatic carbocycles. The second kappa shape index (κ2) is 4.61. The van der Waals surface area contributed by atoms with Crippen LogP contribution in [-0.2, 0) is 0 Å². The Kier molecular flexibility index (Phi) is 2.46. The summed E-state index contributed by atoms with van der Waals surface area (Å²) in [5.74, 6) is 0. The quantitative estimate of drug-likeness (QED) is 0.454. The molecule has 0 N–H and O–H groups in total. The van der Waals surface area contributed by atoms with E-state index in [9.17, 15) is 0 Å². The molecule has 5 aromatic rings. The van der Waals surface area contributed by atoms with Crippen LogP contribution in [0.15, 0.2) is 71.5 Å². The maximum absolute atomic E-state index is 5.87. The Balaban J connectivity index is 1.73. The summed E-state index contributed by atoms with van der Waals surface area (Å²) in [6.07, 6.45) is 5.44. The number of aromatic nitrogens is 3. The molecule has 0 amide bonds. The van der Waals surface area contributed by atoms with Crippen molar-refractivity contribution < 1.29 is 4.42 Å². The van der Waals surface area contributed by atoms with E-state index in [1.807, 2.05) is 48.7 Å². The van der Waals surface area contributed by atoms with Gasteiger partial charge in [-0.05, 0) is 23.6 Å². The highest BCUT2D eigenvalue weighted by Gasteiger charge is 2.10. The van der Waals surface area contributed by atoms with Crippen molar-refractivity contribution in [3.05, 3.63) is 67.1 Å². The van der Waals surface area contributed by atoms with Crippen molar-refractivity contribution in [3.63, 3.8) is 0 Å². The molecule has 4 heteroatoms. The van der Waals surface area contributed by atoms with Crippen molar-refractivity contribution in [2.75, 3.05) is 0 Å². The van der Waals surface area contributed by atoms with Crippen LogP contribution in [0.25, 0.3) is 44.2 Å². The van der Waals surface area contributed by atoms with E-state index in [2.05, 4.69) is 21.0 Å². The van der Waals surface area contributed by atoms with Crippen molar-refractivity contribution in [2.45, 2.75) is 0 Å². The Morgan fingerprint density at radius 2 is 1.52 bits per heavy atom. The maximum Gasteiger partial charge on any atom is 0.153 e. The van der Waals surface area contributed by atoms with Crippen molar-refractivity contribution in [2.24, 2.45) is 0 Å². The molecule has 0 aliphatic carbocycles. The number of pyridine rings is 3. The van der Waals surface area contributed by atoms with E-state index < -0.39 is 0 Å². The molecule has 4 aromatic heterocycles.